The van der Waals surface area contributed by atoms with Gasteiger partial charge < -0.3 is 14.6 Å². The summed E-state index contributed by atoms with van der Waals surface area (Å²) in [5.74, 6) is 0.746. The number of benzene rings is 1. The average Bonchev–Trinajstić information content (AvgIpc) is 3.01. The van der Waals surface area contributed by atoms with Gasteiger partial charge in [0.2, 0.25) is 11.8 Å². The Morgan fingerprint density at radius 2 is 2.04 bits per heavy atom. The summed E-state index contributed by atoms with van der Waals surface area (Å²) in [6.07, 6.45) is 0. The van der Waals surface area contributed by atoms with Crippen LogP contribution in [0.5, 0.6) is 0 Å². The number of nitrogens with one attached hydrogen (secondary N) is 1. The van der Waals surface area contributed by atoms with Crippen LogP contribution in [0.3, 0.4) is 0 Å². The SMILES string of the molecule is CCNC(=S)N(Cc1nnc(-c2ccc([N+](=O)[O-])cc2)o1)C(C)C. The van der Waals surface area contributed by atoms with Crippen LogP contribution < -0.4 is 5.32 Å². The first-order chi connectivity index (χ1) is 11.4. The molecule has 128 valence electrons. The molecule has 9 heteroatoms. The fourth-order valence-electron chi connectivity index (χ4n) is 2.05. The summed E-state index contributed by atoms with van der Waals surface area (Å²) in [7, 11) is 0. The van der Waals surface area contributed by atoms with E-state index in [0.717, 1.165) is 6.54 Å². The van der Waals surface area contributed by atoms with Gasteiger partial charge >= 0.3 is 0 Å². The number of non-ortho nitro benzene ring substituents is 1. The number of nitro benzene ring substituents is 1. The molecule has 0 fully saturated rings. The molecule has 0 spiro atoms. The van der Waals surface area contributed by atoms with E-state index in [1.54, 1.807) is 12.1 Å². The average molecular weight is 349 g/mol. The Bertz CT molecular complexity index is 714. The third-order valence-corrected chi connectivity index (χ3v) is 3.69. The molecule has 0 aliphatic heterocycles. The Balaban J connectivity index is 2.14. The second-order valence-corrected chi connectivity index (χ2v) is 5.75. The van der Waals surface area contributed by atoms with Crippen LogP contribution in [0.15, 0.2) is 28.7 Å². The number of nitro groups is 1. The number of nitrogens with zero attached hydrogens (tertiary/aromatic N) is 4. The van der Waals surface area contributed by atoms with Crippen molar-refractivity contribution in [1.29, 1.82) is 0 Å². The van der Waals surface area contributed by atoms with Crippen LogP contribution in [-0.4, -0.2) is 37.7 Å². The van der Waals surface area contributed by atoms with Crippen LogP contribution in [0.1, 0.15) is 26.7 Å². The molecule has 0 aliphatic carbocycles. The summed E-state index contributed by atoms with van der Waals surface area (Å²) in [5.41, 5.74) is 0.644. The van der Waals surface area contributed by atoms with Crippen molar-refractivity contribution >= 4 is 23.0 Å². The van der Waals surface area contributed by atoms with Gasteiger partial charge in [0.05, 0.1) is 11.5 Å². The number of aromatic nitrogens is 2. The minimum absolute atomic E-state index is 0.0143. The first-order valence-corrected chi connectivity index (χ1v) is 7.94. The van der Waals surface area contributed by atoms with E-state index in [1.807, 2.05) is 25.7 Å². The first kappa shape index (κ1) is 17.8. The highest BCUT2D eigenvalue weighted by atomic mass is 32.1. The lowest BCUT2D eigenvalue weighted by molar-refractivity contribution is -0.384. The number of thiocarbonyl (C=S) groups is 1. The molecule has 1 heterocycles. The lowest BCUT2D eigenvalue weighted by atomic mass is 10.2. The highest BCUT2D eigenvalue weighted by Gasteiger charge is 2.18. The first-order valence-electron chi connectivity index (χ1n) is 7.54. The molecule has 2 aromatic rings. The normalized spacial score (nSPS) is 10.7. The van der Waals surface area contributed by atoms with Gasteiger partial charge in [-0.2, -0.15) is 0 Å². The van der Waals surface area contributed by atoms with Gasteiger partial charge in [-0.25, -0.2) is 0 Å². The van der Waals surface area contributed by atoms with Crippen molar-refractivity contribution < 1.29 is 9.34 Å². The number of rotatable bonds is 6. The summed E-state index contributed by atoms with van der Waals surface area (Å²) in [6, 6.07) is 6.14. The van der Waals surface area contributed by atoms with Crippen molar-refractivity contribution in [1.82, 2.24) is 20.4 Å². The maximum Gasteiger partial charge on any atom is 0.269 e. The summed E-state index contributed by atoms with van der Waals surface area (Å²) in [4.78, 5) is 12.2. The fraction of sp³-hybridized carbons (Fsp3) is 0.400. The monoisotopic (exact) mass is 349 g/mol. The molecular formula is C15H19N5O3S. The van der Waals surface area contributed by atoms with Crippen LogP contribution >= 0.6 is 12.2 Å². The second kappa shape index (κ2) is 7.82. The van der Waals surface area contributed by atoms with Gasteiger partial charge in [0.15, 0.2) is 5.11 Å². The van der Waals surface area contributed by atoms with Crippen LogP contribution in [-0.2, 0) is 6.54 Å². The largest absolute Gasteiger partial charge is 0.419 e. The van der Waals surface area contributed by atoms with E-state index in [-0.39, 0.29) is 11.7 Å². The fourth-order valence-corrected chi connectivity index (χ4v) is 2.47. The van der Waals surface area contributed by atoms with E-state index >= 15 is 0 Å². The molecule has 1 aromatic carbocycles. The zero-order valence-electron chi connectivity index (χ0n) is 13.7. The molecule has 0 unspecified atom stereocenters. The Morgan fingerprint density at radius 1 is 1.38 bits per heavy atom. The van der Waals surface area contributed by atoms with Crippen molar-refractivity contribution in [2.24, 2.45) is 0 Å². The molecule has 1 N–H and O–H groups in total. The molecule has 2 rings (SSSR count). The maximum atomic E-state index is 10.7. The summed E-state index contributed by atoms with van der Waals surface area (Å²) < 4.78 is 5.66. The van der Waals surface area contributed by atoms with Gasteiger partial charge in [0, 0.05) is 30.3 Å². The van der Waals surface area contributed by atoms with Gasteiger partial charge in [0.25, 0.3) is 5.69 Å². The molecular weight excluding hydrogens is 330 g/mol. The van der Waals surface area contributed by atoms with Crippen molar-refractivity contribution in [3.63, 3.8) is 0 Å². The third kappa shape index (κ3) is 4.25. The molecule has 0 atom stereocenters. The molecule has 0 radical (unpaired) electrons. The lowest BCUT2D eigenvalue weighted by Gasteiger charge is -2.27. The van der Waals surface area contributed by atoms with Gasteiger partial charge in [-0.3, -0.25) is 10.1 Å². The Hall–Kier alpha value is -2.55. The van der Waals surface area contributed by atoms with Crippen LogP contribution in [0, 0.1) is 10.1 Å². The minimum Gasteiger partial charge on any atom is -0.419 e. The molecule has 0 saturated heterocycles. The van der Waals surface area contributed by atoms with Crippen molar-refractivity contribution in [2.75, 3.05) is 6.54 Å². The topological polar surface area (TPSA) is 97.3 Å². The molecule has 0 amide bonds. The van der Waals surface area contributed by atoms with E-state index in [0.29, 0.717) is 29.0 Å². The van der Waals surface area contributed by atoms with E-state index < -0.39 is 4.92 Å². The van der Waals surface area contributed by atoms with Crippen molar-refractivity contribution in [3.05, 3.63) is 40.3 Å². The van der Waals surface area contributed by atoms with Crippen molar-refractivity contribution in [2.45, 2.75) is 33.4 Å². The maximum absolute atomic E-state index is 10.7. The van der Waals surface area contributed by atoms with E-state index in [1.165, 1.54) is 12.1 Å². The molecule has 0 bridgehead atoms. The van der Waals surface area contributed by atoms with Crippen LogP contribution in [0.4, 0.5) is 5.69 Å². The summed E-state index contributed by atoms with van der Waals surface area (Å²) in [6.45, 7) is 7.15. The summed E-state index contributed by atoms with van der Waals surface area (Å²) >= 11 is 5.35. The third-order valence-electron chi connectivity index (χ3n) is 3.31. The second-order valence-electron chi connectivity index (χ2n) is 5.36. The predicted molar refractivity (Wildman–Crippen MR) is 93.3 cm³/mol. The Morgan fingerprint density at radius 3 is 2.58 bits per heavy atom. The van der Waals surface area contributed by atoms with Gasteiger partial charge in [-0.1, -0.05) is 0 Å². The standard InChI is InChI=1S/C15H19N5O3S/c1-4-16-15(24)19(10(2)3)9-13-17-18-14(23-13)11-5-7-12(8-6-11)20(21)22/h5-8,10H,4,9H2,1-3H3,(H,16,24). The smallest absolute Gasteiger partial charge is 0.269 e. The number of hydrogen-bond acceptors (Lipinski definition) is 6. The molecule has 24 heavy (non-hydrogen) atoms. The van der Waals surface area contributed by atoms with E-state index in [2.05, 4.69) is 15.5 Å². The van der Waals surface area contributed by atoms with E-state index in [9.17, 15) is 10.1 Å². The van der Waals surface area contributed by atoms with Gasteiger partial charge in [-0.05, 0) is 45.1 Å². The number of hydrogen-bond donors (Lipinski definition) is 1. The Labute approximate surface area is 145 Å². The minimum atomic E-state index is -0.453. The van der Waals surface area contributed by atoms with Crippen LogP contribution in [0.25, 0.3) is 11.5 Å². The molecule has 0 aliphatic rings. The zero-order valence-corrected chi connectivity index (χ0v) is 14.5. The van der Waals surface area contributed by atoms with Crippen molar-refractivity contribution in [3.8, 4) is 11.5 Å². The molecule has 8 nitrogen and oxygen atoms in total. The molecule has 0 saturated carbocycles. The predicted octanol–water partition coefficient (Wildman–Crippen LogP) is 2.75. The quantitative estimate of drug-likeness (QED) is 0.483. The summed E-state index contributed by atoms with van der Waals surface area (Å²) in [5, 5.41) is 22.5. The van der Waals surface area contributed by atoms with E-state index in [4.69, 9.17) is 16.6 Å². The highest BCUT2D eigenvalue weighted by Crippen LogP contribution is 2.21. The Kier molecular flexibility index (Phi) is 5.80. The zero-order chi connectivity index (χ0) is 17.7. The highest BCUT2D eigenvalue weighted by molar-refractivity contribution is 7.80. The molecule has 1 aromatic heterocycles. The van der Waals surface area contributed by atoms with Gasteiger partial charge in [0.1, 0.15) is 0 Å². The lowest BCUT2D eigenvalue weighted by Crippen LogP contribution is -2.43. The van der Waals surface area contributed by atoms with Crippen LogP contribution in [0.2, 0.25) is 0 Å². The van der Waals surface area contributed by atoms with Gasteiger partial charge in [-0.15, -0.1) is 10.2 Å².